The van der Waals surface area contributed by atoms with Gasteiger partial charge in [0, 0.05) is 32.7 Å². The third kappa shape index (κ3) is 3.55. The minimum absolute atomic E-state index is 0.205. The van der Waals surface area contributed by atoms with Crippen LogP contribution in [0.5, 0.6) is 0 Å². The Hall–Kier alpha value is -1.39. The van der Waals surface area contributed by atoms with E-state index in [0.29, 0.717) is 6.54 Å². The maximum atomic E-state index is 11.7. The van der Waals surface area contributed by atoms with Crippen LogP contribution in [-0.2, 0) is 11.3 Å². The van der Waals surface area contributed by atoms with Crippen molar-refractivity contribution in [2.75, 3.05) is 39.8 Å². The largest absolute Gasteiger partial charge is 0.339 e. The molecule has 4 heteroatoms. The van der Waals surface area contributed by atoms with Crippen molar-refractivity contribution in [3.63, 3.8) is 0 Å². The molecule has 0 aliphatic carbocycles. The van der Waals surface area contributed by atoms with Crippen LogP contribution >= 0.6 is 0 Å². The summed E-state index contributed by atoms with van der Waals surface area (Å²) in [5.74, 6) is 0.205. The topological polar surface area (TPSA) is 35.6 Å². The molecule has 1 aromatic rings. The summed E-state index contributed by atoms with van der Waals surface area (Å²) in [5.41, 5.74) is 1.34. The van der Waals surface area contributed by atoms with Gasteiger partial charge < -0.3 is 10.2 Å². The number of hydrogen-bond donors (Lipinski definition) is 1. The van der Waals surface area contributed by atoms with Gasteiger partial charge in [0.15, 0.2) is 0 Å². The monoisotopic (exact) mass is 247 g/mol. The fourth-order valence-electron chi connectivity index (χ4n) is 2.26. The fourth-order valence-corrected chi connectivity index (χ4v) is 2.26. The van der Waals surface area contributed by atoms with Crippen molar-refractivity contribution in [3.8, 4) is 0 Å². The number of carbonyl (C=O) groups is 1. The van der Waals surface area contributed by atoms with E-state index in [0.717, 1.165) is 32.7 Å². The predicted molar refractivity (Wildman–Crippen MR) is 72.2 cm³/mol. The zero-order valence-corrected chi connectivity index (χ0v) is 10.9. The van der Waals surface area contributed by atoms with Crippen LogP contribution in [0.1, 0.15) is 5.56 Å². The summed E-state index contributed by atoms with van der Waals surface area (Å²) in [4.78, 5) is 16.1. The summed E-state index contributed by atoms with van der Waals surface area (Å²) in [5, 5.41) is 2.91. The Morgan fingerprint density at radius 3 is 2.44 bits per heavy atom. The molecule has 1 aliphatic rings. The molecule has 4 nitrogen and oxygen atoms in total. The van der Waals surface area contributed by atoms with Gasteiger partial charge in [-0.2, -0.15) is 0 Å². The highest BCUT2D eigenvalue weighted by molar-refractivity contribution is 5.78. The molecule has 1 saturated heterocycles. The molecule has 1 aliphatic heterocycles. The van der Waals surface area contributed by atoms with Crippen LogP contribution in [0.4, 0.5) is 0 Å². The number of hydrogen-bond acceptors (Lipinski definition) is 3. The first kappa shape index (κ1) is 13.1. The highest BCUT2D eigenvalue weighted by Crippen LogP contribution is 2.08. The lowest BCUT2D eigenvalue weighted by molar-refractivity contribution is -0.131. The van der Waals surface area contributed by atoms with E-state index in [1.54, 1.807) is 0 Å². The van der Waals surface area contributed by atoms with Gasteiger partial charge in [-0.1, -0.05) is 30.3 Å². The molecule has 0 unspecified atom stereocenters. The van der Waals surface area contributed by atoms with E-state index in [9.17, 15) is 4.79 Å². The minimum atomic E-state index is 0.205. The quantitative estimate of drug-likeness (QED) is 0.844. The van der Waals surface area contributed by atoms with Crippen LogP contribution in [0.25, 0.3) is 0 Å². The Balaban J connectivity index is 1.78. The van der Waals surface area contributed by atoms with E-state index in [1.165, 1.54) is 5.56 Å². The van der Waals surface area contributed by atoms with E-state index < -0.39 is 0 Å². The molecular weight excluding hydrogens is 226 g/mol. The first-order valence-electron chi connectivity index (χ1n) is 6.48. The van der Waals surface area contributed by atoms with Gasteiger partial charge in [-0.05, 0) is 12.6 Å². The van der Waals surface area contributed by atoms with Crippen LogP contribution in [0.2, 0.25) is 0 Å². The van der Waals surface area contributed by atoms with Crippen molar-refractivity contribution >= 4 is 5.91 Å². The van der Waals surface area contributed by atoms with Crippen molar-refractivity contribution in [1.82, 2.24) is 15.1 Å². The van der Waals surface area contributed by atoms with Gasteiger partial charge in [0.2, 0.25) is 5.91 Å². The van der Waals surface area contributed by atoms with E-state index in [2.05, 4.69) is 34.5 Å². The van der Waals surface area contributed by atoms with Gasteiger partial charge in [-0.25, -0.2) is 0 Å². The normalized spacial score (nSPS) is 16.8. The molecule has 1 heterocycles. The summed E-state index contributed by atoms with van der Waals surface area (Å²) in [6.45, 7) is 5.03. The van der Waals surface area contributed by atoms with Crippen molar-refractivity contribution in [1.29, 1.82) is 0 Å². The molecule has 0 spiro atoms. The lowest BCUT2D eigenvalue weighted by Crippen LogP contribution is -2.50. The summed E-state index contributed by atoms with van der Waals surface area (Å²) in [6.07, 6.45) is 0. The van der Waals surface area contributed by atoms with Crippen molar-refractivity contribution in [2.24, 2.45) is 0 Å². The number of rotatable bonds is 4. The van der Waals surface area contributed by atoms with Gasteiger partial charge in [0.05, 0.1) is 6.54 Å². The molecule has 0 saturated carbocycles. The fraction of sp³-hybridized carbons (Fsp3) is 0.500. The average Bonchev–Trinajstić information content (AvgIpc) is 2.41. The molecule has 1 aromatic carbocycles. The first-order chi connectivity index (χ1) is 8.79. The zero-order chi connectivity index (χ0) is 12.8. The number of likely N-dealkylation sites (N-methyl/N-ethyl adjacent to an activating group) is 1. The smallest absolute Gasteiger partial charge is 0.236 e. The molecule has 2 rings (SSSR count). The Morgan fingerprint density at radius 1 is 1.17 bits per heavy atom. The molecule has 0 radical (unpaired) electrons. The zero-order valence-electron chi connectivity index (χ0n) is 10.9. The van der Waals surface area contributed by atoms with Gasteiger partial charge in [0.25, 0.3) is 0 Å². The number of nitrogens with one attached hydrogen (secondary N) is 1. The maximum absolute atomic E-state index is 11.7. The SMILES string of the molecule is CNCC(=O)N1CCN(Cc2ccccc2)CC1. The molecule has 98 valence electrons. The Labute approximate surface area is 109 Å². The molecule has 0 bridgehead atoms. The third-order valence-electron chi connectivity index (χ3n) is 3.30. The van der Waals surface area contributed by atoms with Gasteiger partial charge >= 0.3 is 0 Å². The average molecular weight is 247 g/mol. The van der Waals surface area contributed by atoms with Crippen LogP contribution in [0.3, 0.4) is 0 Å². The molecule has 1 fully saturated rings. The lowest BCUT2D eigenvalue weighted by atomic mass is 10.2. The summed E-state index contributed by atoms with van der Waals surface area (Å²) < 4.78 is 0. The van der Waals surface area contributed by atoms with E-state index in [4.69, 9.17) is 0 Å². The summed E-state index contributed by atoms with van der Waals surface area (Å²) >= 11 is 0. The number of carbonyl (C=O) groups excluding carboxylic acids is 1. The van der Waals surface area contributed by atoms with E-state index in [1.807, 2.05) is 18.0 Å². The molecule has 1 N–H and O–H groups in total. The molecule has 0 aromatic heterocycles. The molecule has 18 heavy (non-hydrogen) atoms. The Morgan fingerprint density at radius 2 is 1.83 bits per heavy atom. The minimum Gasteiger partial charge on any atom is -0.339 e. The lowest BCUT2D eigenvalue weighted by Gasteiger charge is -2.34. The number of piperazine rings is 1. The van der Waals surface area contributed by atoms with Crippen molar-refractivity contribution in [3.05, 3.63) is 35.9 Å². The Bertz CT molecular complexity index is 372. The van der Waals surface area contributed by atoms with E-state index in [-0.39, 0.29) is 5.91 Å². The van der Waals surface area contributed by atoms with E-state index >= 15 is 0 Å². The highest BCUT2D eigenvalue weighted by Gasteiger charge is 2.20. The second kappa shape index (κ2) is 6.52. The molecule has 0 atom stereocenters. The van der Waals surface area contributed by atoms with Gasteiger partial charge in [-0.3, -0.25) is 9.69 Å². The first-order valence-corrected chi connectivity index (χ1v) is 6.48. The molecular formula is C14H21N3O. The number of nitrogens with zero attached hydrogens (tertiary/aromatic N) is 2. The van der Waals surface area contributed by atoms with Crippen LogP contribution < -0.4 is 5.32 Å². The number of amides is 1. The molecule has 1 amide bonds. The van der Waals surface area contributed by atoms with Crippen molar-refractivity contribution < 1.29 is 4.79 Å². The third-order valence-corrected chi connectivity index (χ3v) is 3.30. The second-order valence-corrected chi connectivity index (χ2v) is 4.67. The second-order valence-electron chi connectivity index (χ2n) is 4.67. The highest BCUT2D eigenvalue weighted by atomic mass is 16.2. The van der Waals surface area contributed by atoms with Gasteiger partial charge in [-0.15, -0.1) is 0 Å². The maximum Gasteiger partial charge on any atom is 0.236 e. The predicted octanol–water partition coefficient (Wildman–Crippen LogP) is 0.550. The van der Waals surface area contributed by atoms with Crippen LogP contribution in [0.15, 0.2) is 30.3 Å². The van der Waals surface area contributed by atoms with Crippen molar-refractivity contribution in [2.45, 2.75) is 6.54 Å². The summed E-state index contributed by atoms with van der Waals surface area (Å²) in [6, 6.07) is 10.5. The van der Waals surface area contributed by atoms with Crippen LogP contribution in [-0.4, -0.2) is 55.5 Å². The standard InChI is InChI=1S/C14H21N3O/c1-15-11-14(18)17-9-7-16(8-10-17)12-13-5-3-2-4-6-13/h2-6,15H,7-12H2,1H3. The number of benzene rings is 1. The van der Waals surface area contributed by atoms with Crippen LogP contribution in [0, 0.1) is 0 Å². The Kier molecular flexibility index (Phi) is 4.73. The van der Waals surface area contributed by atoms with Gasteiger partial charge in [0.1, 0.15) is 0 Å². The summed E-state index contributed by atoms with van der Waals surface area (Å²) in [7, 11) is 1.81.